The molecular weight excluding hydrogens is 269 g/mol. The highest BCUT2D eigenvalue weighted by molar-refractivity contribution is 6.19. The first kappa shape index (κ1) is 15.8. The number of alkyl halides is 1. The lowest BCUT2D eigenvalue weighted by Crippen LogP contribution is -2.39. The molecule has 0 aliphatic rings. The summed E-state index contributed by atoms with van der Waals surface area (Å²) in [6, 6.07) is 4.33. The third kappa shape index (κ3) is 3.83. The third-order valence-corrected chi connectivity index (χ3v) is 3.64. The fourth-order valence-corrected chi connectivity index (χ4v) is 1.61. The number of carbonyl (C=O) groups is 1. The molecule has 0 radical (unpaired) electrons. The van der Waals surface area contributed by atoms with E-state index in [4.69, 9.17) is 16.3 Å². The van der Waals surface area contributed by atoms with Gasteiger partial charge >= 0.3 is 0 Å². The Bertz CT molecular complexity index is 463. The fraction of sp³-hybridized carbons (Fsp3) is 0.500. The first-order valence-electron chi connectivity index (χ1n) is 6.02. The first-order valence-corrected chi connectivity index (χ1v) is 6.55. The van der Waals surface area contributed by atoms with Gasteiger partial charge in [0.25, 0.3) is 0 Å². The van der Waals surface area contributed by atoms with Crippen LogP contribution in [0.25, 0.3) is 0 Å². The smallest absolute Gasteiger partial charge is 0.227 e. The average Bonchev–Trinajstić information content (AvgIpc) is 2.38. The lowest BCUT2D eigenvalue weighted by molar-refractivity contribution is -0.129. The molecule has 1 N–H and O–H groups in total. The zero-order valence-corrected chi connectivity index (χ0v) is 12.3. The molecular formula is C14H19ClFNO2. The second kappa shape index (κ2) is 6.24. The van der Waals surface area contributed by atoms with Crippen molar-refractivity contribution >= 4 is 17.5 Å². The van der Waals surface area contributed by atoms with E-state index in [0.29, 0.717) is 5.56 Å². The molecule has 0 aromatic heterocycles. The number of halogens is 2. The zero-order valence-electron chi connectivity index (χ0n) is 11.6. The Labute approximate surface area is 118 Å². The van der Waals surface area contributed by atoms with E-state index >= 15 is 0 Å². The van der Waals surface area contributed by atoms with Crippen LogP contribution in [0.3, 0.4) is 0 Å². The molecule has 0 saturated heterocycles. The van der Waals surface area contributed by atoms with E-state index in [-0.39, 0.29) is 23.6 Å². The molecule has 1 rings (SSSR count). The van der Waals surface area contributed by atoms with E-state index in [2.05, 4.69) is 5.32 Å². The number of carbonyl (C=O) groups excluding carboxylic acids is 1. The van der Waals surface area contributed by atoms with Crippen LogP contribution in [0.1, 0.15) is 32.4 Å². The van der Waals surface area contributed by atoms with Crippen LogP contribution < -0.4 is 10.1 Å². The topological polar surface area (TPSA) is 38.3 Å². The number of methoxy groups -OCH3 is 1. The van der Waals surface area contributed by atoms with E-state index in [1.807, 2.05) is 0 Å². The summed E-state index contributed by atoms with van der Waals surface area (Å²) in [6.07, 6.45) is 0. The van der Waals surface area contributed by atoms with Gasteiger partial charge < -0.3 is 10.1 Å². The van der Waals surface area contributed by atoms with E-state index in [1.54, 1.807) is 32.9 Å². The number of hydrogen-bond acceptors (Lipinski definition) is 2. The predicted molar refractivity (Wildman–Crippen MR) is 74.0 cm³/mol. The normalized spacial score (nSPS) is 12.9. The Morgan fingerprint density at radius 2 is 2.16 bits per heavy atom. The maximum Gasteiger partial charge on any atom is 0.227 e. The van der Waals surface area contributed by atoms with E-state index in [0.717, 1.165) is 0 Å². The molecule has 19 heavy (non-hydrogen) atoms. The molecule has 1 unspecified atom stereocenters. The van der Waals surface area contributed by atoms with Gasteiger partial charge in [-0.2, -0.15) is 0 Å². The number of hydrogen-bond donors (Lipinski definition) is 1. The standard InChI is InChI=1S/C14H19ClFNO2/c1-9(17-13(18)14(2,3)8-15)10-5-6-12(19-4)11(16)7-10/h5-7,9H,8H2,1-4H3,(H,17,18). The van der Waals surface area contributed by atoms with Crippen molar-refractivity contribution in [3.05, 3.63) is 29.6 Å². The monoisotopic (exact) mass is 287 g/mol. The second-order valence-electron chi connectivity index (χ2n) is 5.11. The minimum absolute atomic E-state index is 0.161. The number of benzene rings is 1. The van der Waals surface area contributed by atoms with Crippen LogP contribution in [0.2, 0.25) is 0 Å². The van der Waals surface area contributed by atoms with Crippen molar-refractivity contribution < 1.29 is 13.9 Å². The van der Waals surface area contributed by atoms with Gasteiger partial charge in [-0.15, -0.1) is 11.6 Å². The largest absolute Gasteiger partial charge is 0.494 e. The van der Waals surface area contributed by atoms with Crippen LogP contribution in [0.4, 0.5) is 4.39 Å². The molecule has 0 aliphatic carbocycles. The number of rotatable bonds is 5. The van der Waals surface area contributed by atoms with E-state index in [9.17, 15) is 9.18 Å². The van der Waals surface area contributed by atoms with Crippen molar-refractivity contribution in [2.45, 2.75) is 26.8 Å². The van der Waals surface area contributed by atoms with Gasteiger partial charge in [0.05, 0.1) is 18.6 Å². The molecule has 0 aliphatic heterocycles. The summed E-state index contributed by atoms with van der Waals surface area (Å²) < 4.78 is 18.4. The van der Waals surface area contributed by atoms with Gasteiger partial charge in [-0.25, -0.2) is 4.39 Å². The summed E-state index contributed by atoms with van der Waals surface area (Å²) in [4.78, 5) is 12.0. The fourth-order valence-electron chi connectivity index (χ4n) is 1.49. The van der Waals surface area contributed by atoms with Crippen LogP contribution >= 0.6 is 11.6 Å². The van der Waals surface area contributed by atoms with Gasteiger partial charge in [0.2, 0.25) is 5.91 Å². The predicted octanol–water partition coefficient (Wildman–Crippen LogP) is 3.28. The molecule has 106 valence electrons. The average molecular weight is 288 g/mol. The Morgan fingerprint density at radius 3 is 2.63 bits per heavy atom. The van der Waals surface area contributed by atoms with Gasteiger partial charge in [0.15, 0.2) is 11.6 Å². The molecule has 5 heteroatoms. The Morgan fingerprint density at radius 1 is 1.53 bits per heavy atom. The van der Waals surface area contributed by atoms with Crippen LogP contribution in [-0.2, 0) is 4.79 Å². The highest BCUT2D eigenvalue weighted by atomic mass is 35.5. The van der Waals surface area contributed by atoms with Gasteiger partial charge in [0, 0.05) is 5.88 Å². The Kier molecular flexibility index (Phi) is 5.18. The summed E-state index contributed by atoms with van der Waals surface area (Å²) in [5.74, 6) is -0.199. The molecule has 3 nitrogen and oxygen atoms in total. The van der Waals surface area contributed by atoms with Crippen molar-refractivity contribution in [3.63, 3.8) is 0 Å². The van der Waals surface area contributed by atoms with Gasteiger partial charge in [0.1, 0.15) is 0 Å². The molecule has 0 bridgehead atoms. The molecule has 1 aromatic rings. The van der Waals surface area contributed by atoms with Gasteiger partial charge in [-0.3, -0.25) is 4.79 Å². The quantitative estimate of drug-likeness (QED) is 0.844. The van der Waals surface area contributed by atoms with Crippen molar-refractivity contribution in [1.82, 2.24) is 5.32 Å². The molecule has 1 aromatic carbocycles. The lowest BCUT2D eigenvalue weighted by atomic mass is 9.94. The Balaban J connectivity index is 2.81. The van der Waals surface area contributed by atoms with Crippen LogP contribution in [0.5, 0.6) is 5.75 Å². The van der Waals surface area contributed by atoms with Crippen molar-refractivity contribution in [2.24, 2.45) is 5.41 Å². The van der Waals surface area contributed by atoms with E-state index < -0.39 is 11.2 Å². The summed E-state index contributed by atoms with van der Waals surface area (Å²) in [6.45, 7) is 5.32. The second-order valence-corrected chi connectivity index (χ2v) is 5.37. The van der Waals surface area contributed by atoms with Crippen LogP contribution in [0, 0.1) is 11.2 Å². The van der Waals surface area contributed by atoms with Crippen LogP contribution in [-0.4, -0.2) is 18.9 Å². The minimum Gasteiger partial charge on any atom is -0.494 e. The summed E-state index contributed by atoms with van der Waals surface area (Å²) in [5.41, 5.74) is 0.0258. The highest BCUT2D eigenvalue weighted by Gasteiger charge is 2.27. The molecule has 0 saturated carbocycles. The number of nitrogens with one attached hydrogen (secondary N) is 1. The third-order valence-electron chi connectivity index (χ3n) is 2.97. The van der Waals surface area contributed by atoms with Crippen molar-refractivity contribution in [2.75, 3.05) is 13.0 Å². The van der Waals surface area contributed by atoms with Crippen LogP contribution in [0.15, 0.2) is 18.2 Å². The molecule has 1 atom stereocenters. The molecule has 0 spiro atoms. The van der Waals surface area contributed by atoms with Gasteiger partial charge in [-0.05, 0) is 38.5 Å². The van der Waals surface area contributed by atoms with Gasteiger partial charge in [-0.1, -0.05) is 6.07 Å². The highest BCUT2D eigenvalue weighted by Crippen LogP contribution is 2.23. The number of ether oxygens (including phenoxy) is 1. The summed E-state index contributed by atoms with van der Waals surface area (Å²) in [5, 5.41) is 2.82. The maximum absolute atomic E-state index is 13.6. The van der Waals surface area contributed by atoms with Crippen molar-refractivity contribution in [1.29, 1.82) is 0 Å². The minimum atomic E-state index is -0.652. The maximum atomic E-state index is 13.6. The summed E-state index contributed by atoms with van der Waals surface area (Å²) >= 11 is 5.74. The molecule has 0 fully saturated rings. The first-order chi connectivity index (χ1) is 8.81. The lowest BCUT2D eigenvalue weighted by Gasteiger charge is -2.24. The Hall–Kier alpha value is -1.29. The molecule has 0 heterocycles. The number of amides is 1. The molecule has 1 amide bonds. The van der Waals surface area contributed by atoms with Crippen molar-refractivity contribution in [3.8, 4) is 5.75 Å². The summed E-state index contributed by atoms with van der Waals surface area (Å²) in [7, 11) is 1.41. The van der Waals surface area contributed by atoms with E-state index in [1.165, 1.54) is 13.2 Å². The SMILES string of the molecule is COc1ccc(C(C)NC(=O)C(C)(C)CCl)cc1F. The zero-order chi connectivity index (χ0) is 14.6.